The van der Waals surface area contributed by atoms with E-state index in [0.717, 1.165) is 35.8 Å². The van der Waals surface area contributed by atoms with Gasteiger partial charge < -0.3 is 18.1 Å². The minimum absolute atomic E-state index is 0.0345. The molecule has 6 aromatic carbocycles. The minimum Gasteiger partial charge on any atom is -0.438 e. The average molecular weight is 653 g/mol. The van der Waals surface area contributed by atoms with Gasteiger partial charge in [-0.25, -0.2) is 0 Å². The highest BCUT2D eigenvalue weighted by Gasteiger charge is 2.64. The summed E-state index contributed by atoms with van der Waals surface area (Å²) in [6.45, 7) is 0. The van der Waals surface area contributed by atoms with Gasteiger partial charge >= 0.3 is 0 Å². The monoisotopic (exact) mass is 652 g/mol. The Balaban J connectivity index is 1.32. The van der Waals surface area contributed by atoms with E-state index >= 15 is 0 Å². The third-order valence-electron chi connectivity index (χ3n) is 9.07. The summed E-state index contributed by atoms with van der Waals surface area (Å²) in [6, 6.07) is 58.1. The van der Waals surface area contributed by atoms with Crippen LogP contribution in [0.1, 0.15) is 22.3 Å². The maximum Gasteiger partial charge on any atom is 0.295 e. The van der Waals surface area contributed by atoms with Gasteiger partial charge in [-0.1, -0.05) is 121 Å². The Morgan fingerprint density at radius 3 is 0.957 bits per heavy atom. The average Bonchev–Trinajstić information content (AvgIpc) is 3.66. The van der Waals surface area contributed by atoms with Crippen molar-refractivity contribution in [2.45, 2.75) is 29.6 Å². The molecule has 0 radical (unpaired) electrons. The van der Waals surface area contributed by atoms with E-state index in [1.807, 2.05) is 121 Å². The number of hydrogen-bond donors (Lipinski definition) is 0. The third kappa shape index (κ3) is 5.78. The van der Waals surface area contributed by atoms with Crippen LogP contribution in [0.2, 0.25) is 0 Å². The van der Waals surface area contributed by atoms with Crippen molar-refractivity contribution in [3.05, 3.63) is 192 Å². The Kier molecular flexibility index (Phi) is 8.39. The Bertz CT molecular complexity index is 1700. The van der Waals surface area contributed by atoms with Crippen molar-refractivity contribution in [2.24, 2.45) is 0 Å². The van der Waals surface area contributed by atoms with Crippen molar-refractivity contribution in [1.82, 2.24) is 0 Å². The normalized spacial score (nSPS) is 17.3. The standard InChI is InChI=1S/C41H34O4P2/c1-5-19-33(20-6-1)42-46(43-34-21-7-2-8-22-34)39-29-31-17-13-15-27-37(31)41(39)38-28-16-14-18-32(38)30-40(41)47(44-35-23-9-3-10-24-35)45-36-25-11-4-12-26-36/h1-28,39-40H,29-30H2/t39-,40-,41?/m0/s1. The van der Waals surface area contributed by atoms with Crippen molar-refractivity contribution in [3.8, 4) is 23.0 Å². The van der Waals surface area contributed by atoms with Gasteiger partial charge in [0.2, 0.25) is 0 Å². The first-order chi connectivity index (χ1) is 23.3. The minimum atomic E-state index is -1.52. The fraction of sp³-hybridized carbons (Fsp3) is 0.122. The van der Waals surface area contributed by atoms with Gasteiger partial charge in [0, 0.05) is 5.41 Å². The quantitative estimate of drug-likeness (QED) is 0.138. The molecule has 2 aliphatic carbocycles. The lowest BCUT2D eigenvalue weighted by molar-refractivity contribution is 0.401. The van der Waals surface area contributed by atoms with Crippen LogP contribution in [0.5, 0.6) is 23.0 Å². The molecule has 47 heavy (non-hydrogen) atoms. The largest absolute Gasteiger partial charge is 0.438 e. The van der Waals surface area contributed by atoms with Gasteiger partial charge in [-0.2, -0.15) is 0 Å². The molecule has 6 heteroatoms. The van der Waals surface area contributed by atoms with E-state index in [9.17, 15) is 0 Å². The van der Waals surface area contributed by atoms with Gasteiger partial charge in [0.05, 0.1) is 11.3 Å². The molecule has 8 rings (SSSR count). The summed E-state index contributed by atoms with van der Waals surface area (Å²) < 4.78 is 27.9. The molecule has 2 atom stereocenters. The second-order valence-electron chi connectivity index (χ2n) is 11.8. The molecule has 0 amide bonds. The first kappa shape index (κ1) is 29.8. The van der Waals surface area contributed by atoms with Crippen molar-refractivity contribution in [1.29, 1.82) is 0 Å². The fourth-order valence-corrected chi connectivity index (χ4v) is 11.4. The SMILES string of the molecule is c1ccc(OP(Oc2ccccc2)[C@H]2Cc3ccccc3C23c2ccccc2C[C@@H]3P(Oc2ccccc2)Oc2ccccc2)cc1. The van der Waals surface area contributed by atoms with E-state index < -0.39 is 22.2 Å². The lowest BCUT2D eigenvalue weighted by Gasteiger charge is -2.42. The Morgan fingerprint density at radius 2 is 0.638 bits per heavy atom. The fourth-order valence-electron chi connectivity index (χ4n) is 7.14. The van der Waals surface area contributed by atoms with Crippen LogP contribution in [0, 0.1) is 0 Å². The molecule has 0 unspecified atom stereocenters. The summed E-state index contributed by atoms with van der Waals surface area (Å²) in [7, 11) is -3.03. The van der Waals surface area contributed by atoms with E-state index in [1.54, 1.807) is 0 Å². The van der Waals surface area contributed by atoms with Crippen LogP contribution in [-0.2, 0) is 18.3 Å². The zero-order valence-corrected chi connectivity index (χ0v) is 27.6. The Labute approximate surface area is 278 Å². The molecule has 0 aliphatic heterocycles. The van der Waals surface area contributed by atoms with E-state index in [4.69, 9.17) is 18.1 Å². The predicted octanol–water partition coefficient (Wildman–Crippen LogP) is 10.8. The first-order valence-electron chi connectivity index (χ1n) is 16.0. The maximum atomic E-state index is 6.97. The lowest BCUT2D eigenvalue weighted by Crippen LogP contribution is -2.45. The number of rotatable bonds is 10. The molecule has 0 aromatic heterocycles. The topological polar surface area (TPSA) is 36.9 Å². The van der Waals surface area contributed by atoms with E-state index in [-0.39, 0.29) is 11.3 Å². The van der Waals surface area contributed by atoms with Crippen LogP contribution < -0.4 is 18.1 Å². The number of benzene rings is 6. The molecule has 4 nitrogen and oxygen atoms in total. The molecule has 0 heterocycles. The van der Waals surface area contributed by atoms with Gasteiger partial charge in [-0.3, -0.25) is 0 Å². The zero-order valence-electron chi connectivity index (χ0n) is 25.8. The van der Waals surface area contributed by atoms with Crippen molar-refractivity contribution >= 4 is 16.8 Å². The first-order valence-corrected chi connectivity index (χ1v) is 18.5. The summed E-state index contributed by atoms with van der Waals surface area (Å²) in [5, 5.41) is 0. The maximum absolute atomic E-state index is 6.97. The van der Waals surface area contributed by atoms with E-state index in [0.29, 0.717) is 0 Å². The predicted molar refractivity (Wildman–Crippen MR) is 191 cm³/mol. The zero-order chi connectivity index (χ0) is 31.5. The Hall–Kier alpha value is -4.62. The molecule has 2 aliphatic rings. The number of fused-ring (bicyclic) bond motifs is 4. The summed E-state index contributed by atoms with van der Waals surface area (Å²) in [5.74, 6) is 3.19. The van der Waals surface area contributed by atoms with Crippen molar-refractivity contribution in [2.75, 3.05) is 0 Å². The van der Waals surface area contributed by atoms with Crippen molar-refractivity contribution in [3.63, 3.8) is 0 Å². The molecule has 6 aromatic rings. The molecule has 0 fully saturated rings. The Morgan fingerprint density at radius 1 is 0.362 bits per heavy atom. The highest BCUT2D eigenvalue weighted by molar-refractivity contribution is 7.50. The third-order valence-corrected chi connectivity index (χ3v) is 12.8. The second kappa shape index (κ2) is 13.2. The van der Waals surface area contributed by atoms with Gasteiger partial charge in [0.1, 0.15) is 23.0 Å². The molecular formula is C41H34O4P2. The van der Waals surface area contributed by atoms with Crippen LogP contribution in [0.25, 0.3) is 0 Å². The number of para-hydroxylation sites is 4. The summed E-state index contributed by atoms with van der Waals surface area (Å²) in [5.41, 5.74) is 4.69. The molecule has 0 saturated heterocycles. The van der Waals surface area contributed by atoms with Gasteiger partial charge in [-0.05, 0) is 83.6 Å². The molecule has 0 N–H and O–H groups in total. The summed E-state index contributed by atoms with van der Waals surface area (Å²) in [6.07, 6.45) is 1.62. The van der Waals surface area contributed by atoms with E-state index in [2.05, 4.69) is 48.5 Å². The van der Waals surface area contributed by atoms with Crippen LogP contribution in [0.15, 0.2) is 170 Å². The number of hydrogen-bond acceptors (Lipinski definition) is 4. The van der Waals surface area contributed by atoms with Crippen LogP contribution in [0.3, 0.4) is 0 Å². The van der Waals surface area contributed by atoms with Crippen molar-refractivity contribution < 1.29 is 18.1 Å². The molecule has 1 spiro atoms. The summed E-state index contributed by atoms with van der Waals surface area (Å²) in [4.78, 5) is 0. The van der Waals surface area contributed by atoms with Gasteiger partial charge in [-0.15, -0.1) is 0 Å². The smallest absolute Gasteiger partial charge is 0.295 e. The molecule has 0 saturated carbocycles. The molecule has 0 bridgehead atoms. The summed E-state index contributed by atoms with van der Waals surface area (Å²) >= 11 is 0. The molecular weight excluding hydrogens is 618 g/mol. The lowest BCUT2D eigenvalue weighted by atomic mass is 9.76. The van der Waals surface area contributed by atoms with Gasteiger partial charge in [0.25, 0.3) is 16.8 Å². The molecule has 232 valence electrons. The highest BCUT2D eigenvalue weighted by atomic mass is 31.2. The van der Waals surface area contributed by atoms with E-state index in [1.165, 1.54) is 22.3 Å². The van der Waals surface area contributed by atoms with Crippen LogP contribution >= 0.6 is 16.8 Å². The highest BCUT2D eigenvalue weighted by Crippen LogP contribution is 2.69. The second-order valence-corrected chi connectivity index (χ2v) is 14.9. The van der Waals surface area contributed by atoms with Crippen LogP contribution in [-0.4, -0.2) is 11.3 Å². The van der Waals surface area contributed by atoms with Gasteiger partial charge in [0.15, 0.2) is 0 Å². The van der Waals surface area contributed by atoms with Crippen LogP contribution in [0.4, 0.5) is 0 Å².